The van der Waals surface area contributed by atoms with E-state index in [4.69, 9.17) is 10.5 Å². The molecule has 1 rings (SSSR count). The first-order valence-electron chi connectivity index (χ1n) is 4.53. The van der Waals surface area contributed by atoms with E-state index in [1.165, 1.54) is 0 Å². The van der Waals surface area contributed by atoms with Crippen molar-refractivity contribution in [1.29, 1.82) is 0 Å². The summed E-state index contributed by atoms with van der Waals surface area (Å²) in [6.45, 7) is 2.04. The molecule has 6 nitrogen and oxygen atoms in total. The molecule has 0 aliphatic carbocycles. The van der Waals surface area contributed by atoms with Crippen LogP contribution in [-0.4, -0.2) is 40.0 Å². The fraction of sp³-hybridized carbons (Fsp3) is 0.625. The number of hydrogen-bond acceptors (Lipinski definition) is 6. The molecule has 3 N–H and O–H groups in total. The SMILES string of the molecule is CCOC(=O)c1n[nH]nc1C(N)CSC. The lowest BCUT2D eigenvalue weighted by atomic mass is 10.2. The number of nitrogens with zero attached hydrogens (tertiary/aromatic N) is 2. The highest BCUT2D eigenvalue weighted by atomic mass is 32.2. The van der Waals surface area contributed by atoms with E-state index >= 15 is 0 Å². The Hall–Kier alpha value is -1.08. The van der Waals surface area contributed by atoms with Gasteiger partial charge in [0.25, 0.3) is 0 Å². The normalized spacial score (nSPS) is 12.5. The number of H-pyrrole nitrogens is 1. The maximum atomic E-state index is 11.4. The Bertz CT molecular complexity index is 328. The molecule has 0 aromatic carbocycles. The van der Waals surface area contributed by atoms with Crippen LogP contribution in [0.5, 0.6) is 0 Å². The highest BCUT2D eigenvalue weighted by Crippen LogP contribution is 2.15. The monoisotopic (exact) mass is 230 g/mol. The van der Waals surface area contributed by atoms with Gasteiger partial charge in [-0.1, -0.05) is 0 Å². The van der Waals surface area contributed by atoms with Crippen molar-refractivity contribution in [2.45, 2.75) is 13.0 Å². The number of aromatic nitrogens is 3. The number of nitrogens with two attached hydrogens (primary N) is 1. The maximum Gasteiger partial charge on any atom is 0.360 e. The fourth-order valence-electron chi connectivity index (χ4n) is 1.11. The van der Waals surface area contributed by atoms with E-state index in [2.05, 4.69) is 15.4 Å². The number of nitrogens with one attached hydrogen (secondary N) is 1. The summed E-state index contributed by atoms with van der Waals surface area (Å²) < 4.78 is 4.83. The van der Waals surface area contributed by atoms with Gasteiger partial charge in [-0.2, -0.15) is 22.1 Å². The van der Waals surface area contributed by atoms with Crippen molar-refractivity contribution in [2.24, 2.45) is 5.73 Å². The van der Waals surface area contributed by atoms with E-state index in [0.29, 0.717) is 18.1 Å². The van der Waals surface area contributed by atoms with Crippen molar-refractivity contribution >= 4 is 17.7 Å². The molecule has 1 atom stereocenters. The molecule has 1 heterocycles. The lowest BCUT2D eigenvalue weighted by molar-refractivity contribution is 0.0517. The summed E-state index contributed by atoms with van der Waals surface area (Å²) in [4.78, 5) is 11.4. The van der Waals surface area contributed by atoms with Gasteiger partial charge in [0.2, 0.25) is 0 Å². The van der Waals surface area contributed by atoms with Crippen molar-refractivity contribution < 1.29 is 9.53 Å². The summed E-state index contributed by atoms with van der Waals surface area (Å²) in [5, 5.41) is 9.99. The van der Waals surface area contributed by atoms with Gasteiger partial charge in [0, 0.05) is 5.75 Å². The number of hydrogen-bond donors (Lipinski definition) is 2. The van der Waals surface area contributed by atoms with E-state index in [1.54, 1.807) is 18.7 Å². The molecule has 0 radical (unpaired) electrons. The van der Waals surface area contributed by atoms with Crippen LogP contribution in [0.1, 0.15) is 29.1 Å². The topological polar surface area (TPSA) is 93.9 Å². The highest BCUT2D eigenvalue weighted by Gasteiger charge is 2.21. The quantitative estimate of drug-likeness (QED) is 0.709. The van der Waals surface area contributed by atoms with Crippen LogP contribution in [0.15, 0.2) is 0 Å². The molecule has 0 amide bonds. The zero-order valence-corrected chi connectivity index (χ0v) is 9.50. The number of carbonyl (C=O) groups is 1. The zero-order valence-electron chi connectivity index (χ0n) is 8.69. The molecular formula is C8H14N4O2S. The number of thioether (sulfide) groups is 1. The predicted octanol–water partition coefficient (Wildman–Crippen LogP) is 0.344. The second kappa shape index (κ2) is 5.72. The Labute approximate surface area is 91.9 Å². The zero-order chi connectivity index (χ0) is 11.3. The van der Waals surface area contributed by atoms with Gasteiger partial charge in [0.05, 0.1) is 12.6 Å². The van der Waals surface area contributed by atoms with Crippen LogP contribution in [0.3, 0.4) is 0 Å². The van der Waals surface area contributed by atoms with Crippen molar-refractivity contribution in [2.75, 3.05) is 18.6 Å². The third-order valence-electron chi connectivity index (χ3n) is 1.74. The average molecular weight is 230 g/mol. The Morgan fingerprint density at radius 3 is 3.00 bits per heavy atom. The minimum absolute atomic E-state index is 0.179. The smallest absolute Gasteiger partial charge is 0.360 e. The number of rotatable bonds is 5. The fourth-order valence-corrected chi connectivity index (χ4v) is 1.62. The number of aromatic amines is 1. The molecule has 0 bridgehead atoms. The molecule has 0 aliphatic heterocycles. The van der Waals surface area contributed by atoms with Gasteiger partial charge in [-0.05, 0) is 13.2 Å². The van der Waals surface area contributed by atoms with Crippen LogP contribution >= 0.6 is 11.8 Å². The Morgan fingerprint density at radius 2 is 2.40 bits per heavy atom. The molecule has 0 fully saturated rings. The molecule has 1 unspecified atom stereocenters. The molecular weight excluding hydrogens is 216 g/mol. The lowest BCUT2D eigenvalue weighted by Crippen LogP contribution is -2.18. The molecule has 0 saturated heterocycles. The van der Waals surface area contributed by atoms with Gasteiger partial charge >= 0.3 is 5.97 Å². The minimum atomic E-state index is -0.488. The lowest BCUT2D eigenvalue weighted by Gasteiger charge is -2.07. The molecule has 1 aromatic heterocycles. The third kappa shape index (κ3) is 2.93. The van der Waals surface area contributed by atoms with Crippen LogP contribution < -0.4 is 5.73 Å². The molecule has 0 aliphatic rings. The summed E-state index contributed by atoms with van der Waals surface area (Å²) in [6, 6.07) is -0.307. The van der Waals surface area contributed by atoms with Gasteiger partial charge in [-0.15, -0.1) is 5.10 Å². The van der Waals surface area contributed by atoms with Crippen molar-refractivity contribution in [3.63, 3.8) is 0 Å². The van der Waals surface area contributed by atoms with Crippen LogP contribution in [-0.2, 0) is 4.74 Å². The van der Waals surface area contributed by atoms with Gasteiger partial charge in [-0.25, -0.2) is 4.79 Å². The van der Waals surface area contributed by atoms with Gasteiger partial charge in [0.15, 0.2) is 5.69 Å². The van der Waals surface area contributed by atoms with Gasteiger partial charge < -0.3 is 10.5 Å². The first kappa shape index (κ1) is 12.0. The van der Waals surface area contributed by atoms with Crippen molar-refractivity contribution in [3.8, 4) is 0 Å². The summed E-state index contributed by atoms with van der Waals surface area (Å²) >= 11 is 1.58. The van der Waals surface area contributed by atoms with Gasteiger partial charge in [-0.3, -0.25) is 0 Å². The Morgan fingerprint density at radius 1 is 1.67 bits per heavy atom. The second-order valence-corrected chi connectivity index (χ2v) is 3.75. The Balaban J connectivity index is 2.81. The van der Waals surface area contributed by atoms with Crippen LogP contribution in [0, 0.1) is 0 Å². The van der Waals surface area contributed by atoms with E-state index in [9.17, 15) is 4.79 Å². The Kier molecular flexibility index (Phi) is 4.57. The molecule has 0 spiro atoms. The first-order valence-corrected chi connectivity index (χ1v) is 5.92. The first-order chi connectivity index (χ1) is 7.20. The van der Waals surface area contributed by atoms with E-state index in [0.717, 1.165) is 0 Å². The summed E-state index contributed by atoms with van der Waals surface area (Å²) in [5.74, 6) is 0.191. The maximum absolute atomic E-state index is 11.4. The predicted molar refractivity (Wildman–Crippen MR) is 57.6 cm³/mol. The van der Waals surface area contributed by atoms with Crippen LogP contribution in [0.2, 0.25) is 0 Å². The van der Waals surface area contributed by atoms with Crippen molar-refractivity contribution in [1.82, 2.24) is 15.4 Å². The molecule has 0 saturated carbocycles. The molecule has 84 valence electrons. The van der Waals surface area contributed by atoms with E-state index in [-0.39, 0.29) is 11.7 Å². The molecule has 1 aromatic rings. The summed E-state index contributed by atoms with van der Waals surface area (Å²) in [7, 11) is 0. The van der Waals surface area contributed by atoms with Crippen LogP contribution in [0.4, 0.5) is 0 Å². The standard InChI is InChI=1S/C8H14N4O2S/c1-3-14-8(13)7-6(10-12-11-7)5(9)4-15-2/h5H,3-4,9H2,1-2H3,(H,10,11,12). The number of esters is 1. The van der Waals surface area contributed by atoms with E-state index < -0.39 is 5.97 Å². The van der Waals surface area contributed by atoms with E-state index in [1.807, 2.05) is 6.26 Å². The molecule has 7 heteroatoms. The third-order valence-corrected chi connectivity index (χ3v) is 2.43. The minimum Gasteiger partial charge on any atom is -0.461 e. The highest BCUT2D eigenvalue weighted by molar-refractivity contribution is 7.98. The van der Waals surface area contributed by atoms with Crippen molar-refractivity contribution in [3.05, 3.63) is 11.4 Å². The van der Waals surface area contributed by atoms with Crippen LogP contribution in [0.25, 0.3) is 0 Å². The number of ether oxygens (including phenoxy) is 1. The average Bonchev–Trinajstić information content (AvgIpc) is 2.66. The largest absolute Gasteiger partial charge is 0.461 e. The summed E-state index contributed by atoms with van der Waals surface area (Å²) in [5.41, 5.74) is 6.47. The second-order valence-electron chi connectivity index (χ2n) is 2.84. The number of carbonyl (C=O) groups excluding carboxylic acids is 1. The summed E-state index contributed by atoms with van der Waals surface area (Å²) in [6.07, 6.45) is 1.93. The van der Waals surface area contributed by atoms with Gasteiger partial charge in [0.1, 0.15) is 5.69 Å². The molecule has 15 heavy (non-hydrogen) atoms.